The van der Waals surface area contributed by atoms with Crippen molar-refractivity contribution in [3.05, 3.63) is 82.2 Å². The second-order valence-electron chi connectivity index (χ2n) is 5.46. The van der Waals surface area contributed by atoms with Gasteiger partial charge >= 0.3 is 0 Å². The minimum Gasteiger partial charge on any atom is -0.439 e. The lowest BCUT2D eigenvalue weighted by molar-refractivity contribution is 0.457. The minimum atomic E-state index is -3.84. The molecule has 0 bridgehead atoms. The van der Waals surface area contributed by atoms with E-state index in [1.165, 1.54) is 42.6 Å². The molecule has 0 radical (unpaired) electrons. The van der Waals surface area contributed by atoms with Crippen molar-refractivity contribution < 1.29 is 17.5 Å². The number of nitrogens with zero attached hydrogens (tertiary/aromatic N) is 1. The summed E-state index contributed by atoms with van der Waals surface area (Å²) < 4.78 is 45.8. The molecule has 0 amide bonds. The second kappa shape index (κ2) is 8.22. The van der Waals surface area contributed by atoms with E-state index >= 15 is 0 Å². The van der Waals surface area contributed by atoms with Crippen molar-refractivity contribution in [3.63, 3.8) is 0 Å². The van der Waals surface area contributed by atoms with Crippen LogP contribution in [0.1, 0.15) is 5.56 Å². The minimum absolute atomic E-state index is 0.00157. The molecule has 3 aromatic rings. The molecule has 140 valence electrons. The van der Waals surface area contributed by atoms with Crippen LogP contribution in [0.15, 0.2) is 65.7 Å². The Morgan fingerprint density at radius 1 is 1.07 bits per heavy atom. The zero-order chi connectivity index (χ0) is 19.4. The van der Waals surface area contributed by atoms with Gasteiger partial charge < -0.3 is 4.74 Å². The molecular weight excluding hydrogens is 414 g/mol. The van der Waals surface area contributed by atoms with Gasteiger partial charge in [0, 0.05) is 29.9 Å². The van der Waals surface area contributed by atoms with Gasteiger partial charge in [0.05, 0.1) is 5.02 Å². The molecule has 1 N–H and O–H groups in total. The van der Waals surface area contributed by atoms with Gasteiger partial charge in [0.2, 0.25) is 15.9 Å². The molecule has 9 heteroatoms. The van der Waals surface area contributed by atoms with Gasteiger partial charge in [-0.15, -0.1) is 0 Å². The van der Waals surface area contributed by atoms with E-state index in [4.69, 9.17) is 27.9 Å². The van der Waals surface area contributed by atoms with Gasteiger partial charge in [0.25, 0.3) is 0 Å². The molecule has 0 unspecified atom stereocenters. The summed E-state index contributed by atoms with van der Waals surface area (Å²) in [5.74, 6) is 0.148. The van der Waals surface area contributed by atoms with Gasteiger partial charge in [-0.25, -0.2) is 22.5 Å². The Bertz CT molecular complexity index is 1060. The van der Waals surface area contributed by atoms with Crippen molar-refractivity contribution >= 4 is 33.2 Å². The number of hydrogen-bond donors (Lipinski definition) is 1. The fraction of sp³-hybridized carbons (Fsp3) is 0.0556. The van der Waals surface area contributed by atoms with E-state index < -0.39 is 15.8 Å². The highest BCUT2D eigenvalue weighted by Crippen LogP contribution is 2.25. The molecule has 0 aliphatic rings. The number of pyridine rings is 1. The molecule has 0 atom stereocenters. The van der Waals surface area contributed by atoms with Gasteiger partial charge in [-0.2, -0.15) is 0 Å². The van der Waals surface area contributed by atoms with Crippen molar-refractivity contribution in [1.82, 2.24) is 9.71 Å². The van der Waals surface area contributed by atoms with E-state index in [-0.39, 0.29) is 27.4 Å². The van der Waals surface area contributed by atoms with Crippen molar-refractivity contribution in [2.24, 2.45) is 0 Å². The standard InChI is InChI=1S/C18H13Cl2FN2O3S/c19-13-5-6-16(20)17(8-13)27(24,25)23-11-12-4-7-18(22-10-12)26-15-3-1-2-14(21)9-15/h1-10,23H,11H2. The van der Waals surface area contributed by atoms with Crippen LogP contribution < -0.4 is 9.46 Å². The van der Waals surface area contributed by atoms with E-state index in [1.54, 1.807) is 18.2 Å². The van der Waals surface area contributed by atoms with Crippen LogP contribution in [0.2, 0.25) is 10.0 Å². The summed E-state index contributed by atoms with van der Waals surface area (Å²) in [6.45, 7) is -0.00157. The van der Waals surface area contributed by atoms with Crippen molar-refractivity contribution in [2.45, 2.75) is 11.4 Å². The van der Waals surface area contributed by atoms with Gasteiger partial charge in [-0.1, -0.05) is 35.3 Å². The van der Waals surface area contributed by atoms with Crippen LogP contribution in [0.25, 0.3) is 0 Å². The molecule has 1 heterocycles. The SMILES string of the molecule is O=S(=O)(NCc1ccc(Oc2cccc(F)c2)nc1)c1cc(Cl)ccc1Cl. The molecule has 0 aliphatic heterocycles. The Hall–Kier alpha value is -2.19. The number of aromatic nitrogens is 1. The third kappa shape index (κ3) is 5.17. The highest BCUT2D eigenvalue weighted by Gasteiger charge is 2.18. The van der Waals surface area contributed by atoms with Crippen LogP contribution in [0.4, 0.5) is 4.39 Å². The number of ether oxygens (including phenoxy) is 1. The first kappa shape index (κ1) is 19.6. The van der Waals surface area contributed by atoms with Gasteiger partial charge in [0.15, 0.2) is 0 Å². The highest BCUT2D eigenvalue weighted by molar-refractivity contribution is 7.89. The second-order valence-corrected chi connectivity index (χ2v) is 8.04. The Balaban J connectivity index is 1.67. The topological polar surface area (TPSA) is 68.3 Å². The van der Waals surface area contributed by atoms with E-state index in [0.717, 1.165) is 0 Å². The average Bonchev–Trinajstić information content (AvgIpc) is 2.63. The van der Waals surface area contributed by atoms with Crippen LogP contribution in [-0.4, -0.2) is 13.4 Å². The quantitative estimate of drug-likeness (QED) is 0.614. The maximum absolute atomic E-state index is 13.2. The summed E-state index contributed by atoms with van der Waals surface area (Å²) in [5.41, 5.74) is 0.600. The van der Waals surface area contributed by atoms with Crippen LogP contribution in [-0.2, 0) is 16.6 Å². The third-order valence-electron chi connectivity index (χ3n) is 3.47. The Labute approximate surface area is 165 Å². The lowest BCUT2D eigenvalue weighted by Crippen LogP contribution is -2.23. The van der Waals surface area contributed by atoms with Crippen molar-refractivity contribution in [1.29, 1.82) is 0 Å². The molecule has 27 heavy (non-hydrogen) atoms. The predicted molar refractivity (Wildman–Crippen MR) is 101 cm³/mol. The number of rotatable bonds is 6. The van der Waals surface area contributed by atoms with Crippen molar-refractivity contribution in [2.75, 3.05) is 0 Å². The molecule has 5 nitrogen and oxygen atoms in total. The summed E-state index contributed by atoms with van der Waals surface area (Å²) in [6, 6.07) is 13.1. The number of hydrogen-bond acceptors (Lipinski definition) is 4. The number of sulfonamides is 1. The molecule has 0 spiro atoms. The lowest BCUT2D eigenvalue weighted by Gasteiger charge is -2.09. The summed E-state index contributed by atoms with van der Waals surface area (Å²) in [7, 11) is -3.84. The third-order valence-corrected chi connectivity index (χ3v) is 5.58. The summed E-state index contributed by atoms with van der Waals surface area (Å²) >= 11 is 11.8. The first-order valence-corrected chi connectivity index (χ1v) is 9.90. The van der Waals surface area contributed by atoms with Gasteiger partial charge in [-0.05, 0) is 35.9 Å². The predicted octanol–water partition coefficient (Wildman–Crippen LogP) is 4.80. The van der Waals surface area contributed by atoms with Crippen LogP contribution in [0.3, 0.4) is 0 Å². The average molecular weight is 427 g/mol. The monoisotopic (exact) mass is 426 g/mol. The zero-order valence-electron chi connectivity index (χ0n) is 13.7. The first-order chi connectivity index (χ1) is 12.8. The smallest absolute Gasteiger partial charge is 0.242 e. The van der Waals surface area contributed by atoms with E-state index in [2.05, 4.69) is 9.71 Å². The largest absolute Gasteiger partial charge is 0.439 e. The molecular formula is C18H13Cl2FN2O3S. The Morgan fingerprint density at radius 3 is 2.59 bits per heavy atom. The van der Waals surface area contributed by atoms with Crippen LogP contribution in [0.5, 0.6) is 11.6 Å². The molecule has 0 aliphatic carbocycles. The zero-order valence-corrected chi connectivity index (χ0v) is 16.0. The molecule has 0 saturated heterocycles. The molecule has 3 rings (SSSR count). The lowest BCUT2D eigenvalue weighted by atomic mass is 10.3. The van der Waals surface area contributed by atoms with Gasteiger partial charge in [0.1, 0.15) is 16.5 Å². The fourth-order valence-electron chi connectivity index (χ4n) is 2.17. The molecule has 0 fully saturated rings. The van der Waals surface area contributed by atoms with E-state index in [9.17, 15) is 12.8 Å². The highest BCUT2D eigenvalue weighted by atomic mass is 35.5. The number of nitrogens with one attached hydrogen (secondary N) is 1. The number of benzene rings is 2. The first-order valence-electron chi connectivity index (χ1n) is 7.66. The van der Waals surface area contributed by atoms with Crippen LogP contribution >= 0.6 is 23.2 Å². The Morgan fingerprint density at radius 2 is 1.89 bits per heavy atom. The van der Waals surface area contributed by atoms with E-state index in [0.29, 0.717) is 11.3 Å². The summed E-state index contributed by atoms with van der Waals surface area (Å²) in [4.78, 5) is 3.98. The fourth-order valence-corrected chi connectivity index (χ4v) is 3.94. The molecule has 0 saturated carbocycles. The molecule has 1 aromatic heterocycles. The maximum atomic E-state index is 13.2. The van der Waals surface area contributed by atoms with Crippen LogP contribution in [0, 0.1) is 5.82 Å². The van der Waals surface area contributed by atoms with E-state index in [1.807, 2.05) is 0 Å². The molecule has 2 aromatic carbocycles. The number of halogens is 3. The summed E-state index contributed by atoms with van der Waals surface area (Å²) in [5, 5.41) is 0.337. The van der Waals surface area contributed by atoms with Gasteiger partial charge in [-0.3, -0.25) is 0 Å². The Kier molecular flexibility index (Phi) is 5.96. The van der Waals surface area contributed by atoms with Crippen molar-refractivity contribution in [3.8, 4) is 11.6 Å². The summed E-state index contributed by atoms with van der Waals surface area (Å²) in [6.07, 6.45) is 1.46. The maximum Gasteiger partial charge on any atom is 0.242 e. The normalized spacial score (nSPS) is 11.4.